The van der Waals surface area contributed by atoms with Crippen LogP contribution in [0.2, 0.25) is 0 Å². The Hall–Kier alpha value is -1.56. The summed E-state index contributed by atoms with van der Waals surface area (Å²) >= 11 is 0. The maximum Gasteiger partial charge on any atom is -0.0149 e. The lowest BCUT2D eigenvalue weighted by atomic mass is 9.88. The Morgan fingerprint density at radius 2 is 1.59 bits per heavy atom. The van der Waals surface area contributed by atoms with Gasteiger partial charge in [0.05, 0.1) is 0 Å². The molecule has 0 amide bonds. The fourth-order valence-electron chi connectivity index (χ4n) is 2.79. The van der Waals surface area contributed by atoms with Crippen LogP contribution >= 0.6 is 0 Å². The summed E-state index contributed by atoms with van der Waals surface area (Å²) in [6.45, 7) is 0. The zero-order valence-corrected chi connectivity index (χ0v) is 10.2. The van der Waals surface area contributed by atoms with E-state index in [0.29, 0.717) is 0 Å². The minimum atomic E-state index is 1.09. The topological polar surface area (TPSA) is 0 Å². The summed E-state index contributed by atoms with van der Waals surface area (Å²) < 4.78 is 0. The van der Waals surface area contributed by atoms with Crippen LogP contribution in [-0.2, 0) is 0 Å². The van der Waals surface area contributed by atoms with Crippen molar-refractivity contribution in [2.24, 2.45) is 0 Å². The van der Waals surface area contributed by atoms with E-state index in [2.05, 4.69) is 48.6 Å². The van der Waals surface area contributed by atoms with E-state index in [9.17, 15) is 0 Å². The highest BCUT2D eigenvalue weighted by atomic mass is 14.2. The van der Waals surface area contributed by atoms with Gasteiger partial charge in [-0.05, 0) is 54.4 Å². The van der Waals surface area contributed by atoms with Crippen molar-refractivity contribution in [2.75, 3.05) is 0 Å². The van der Waals surface area contributed by atoms with Gasteiger partial charge in [0.2, 0.25) is 0 Å². The van der Waals surface area contributed by atoms with E-state index in [-0.39, 0.29) is 0 Å². The van der Waals surface area contributed by atoms with Crippen LogP contribution in [0, 0.1) is 0 Å². The summed E-state index contributed by atoms with van der Waals surface area (Å²) in [7, 11) is 0. The Balaban J connectivity index is 1.92. The van der Waals surface area contributed by atoms with Crippen LogP contribution in [0.5, 0.6) is 0 Å². The highest BCUT2D eigenvalue weighted by molar-refractivity contribution is 5.85. The summed E-state index contributed by atoms with van der Waals surface area (Å²) in [5, 5.41) is 0. The van der Waals surface area contributed by atoms with Gasteiger partial charge >= 0.3 is 0 Å². The minimum absolute atomic E-state index is 1.09. The van der Waals surface area contributed by atoms with Gasteiger partial charge < -0.3 is 0 Å². The van der Waals surface area contributed by atoms with E-state index in [1.54, 1.807) is 5.57 Å². The van der Waals surface area contributed by atoms with E-state index in [4.69, 9.17) is 0 Å². The van der Waals surface area contributed by atoms with Crippen molar-refractivity contribution in [2.45, 2.75) is 32.1 Å². The summed E-state index contributed by atoms with van der Waals surface area (Å²) in [6.07, 6.45) is 13.5. The fraction of sp³-hybridized carbons (Fsp3) is 0.294. The number of hydrogen-bond acceptors (Lipinski definition) is 0. The smallest absolute Gasteiger partial charge is 0.0149 e. The molecule has 0 radical (unpaired) electrons. The van der Waals surface area contributed by atoms with Gasteiger partial charge in [0.25, 0.3) is 0 Å². The zero-order valence-electron chi connectivity index (χ0n) is 10.2. The lowest BCUT2D eigenvalue weighted by molar-refractivity contribution is 0.709. The predicted octanol–water partition coefficient (Wildman–Crippen LogP) is 4.90. The molecule has 0 nitrogen and oxygen atoms in total. The van der Waals surface area contributed by atoms with Gasteiger partial charge in [-0.25, -0.2) is 0 Å². The molecule has 0 spiro atoms. The van der Waals surface area contributed by atoms with Gasteiger partial charge in [-0.3, -0.25) is 0 Å². The van der Waals surface area contributed by atoms with Gasteiger partial charge in [-0.2, -0.15) is 0 Å². The van der Waals surface area contributed by atoms with E-state index in [0.717, 1.165) is 6.42 Å². The third-order valence-electron chi connectivity index (χ3n) is 3.66. The predicted molar refractivity (Wildman–Crippen MR) is 73.7 cm³/mol. The molecule has 0 N–H and O–H groups in total. The van der Waals surface area contributed by atoms with Gasteiger partial charge in [-0.15, -0.1) is 0 Å². The molecule has 2 aliphatic carbocycles. The van der Waals surface area contributed by atoms with Crippen molar-refractivity contribution in [3.63, 3.8) is 0 Å². The third-order valence-corrected chi connectivity index (χ3v) is 3.66. The lowest BCUT2D eigenvalue weighted by Gasteiger charge is -2.17. The molecule has 0 saturated carbocycles. The zero-order chi connectivity index (χ0) is 11.5. The lowest BCUT2D eigenvalue weighted by Crippen LogP contribution is -1.97. The largest absolute Gasteiger partial charge is 0.0807 e. The number of allylic oxidation sites excluding steroid dienone is 6. The van der Waals surface area contributed by atoms with Crippen LogP contribution in [-0.4, -0.2) is 0 Å². The molecule has 2 aliphatic rings. The summed E-state index contributed by atoms with van der Waals surface area (Å²) in [6, 6.07) is 10.8. The van der Waals surface area contributed by atoms with Crippen LogP contribution in [0.15, 0.2) is 59.7 Å². The summed E-state index contributed by atoms with van der Waals surface area (Å²) in [5.74, 6) is 0. The number of benzene rings is 1. The molecular weight excluding hydrogens is 204 g/mol. The van der Waals surface area contributed by atoms with Crippen LogP contribution in [0.1, 0.15) is 37.7 Å². The van der Waals surface area contributed by atoms with Crippen molar-refractivity contribution in [3.05, 3.63) is 65.3 Å². The average molecular weight is 222 g/mol. The summed E-state index contributed by atoms with van der Waals surface area (Å²) in [4.78, 5) is 0. The van der Waals surface area contributed by atoms with Crippen LogP contribution < -0.4 is 0 Å². The quantitative estimate of drug-likeness (QED) is 0.667. The highest BCUT2D eigenvalue weighted by Gasteiger charge is 2.16. The van der Waals surface area contributed by atoms with Crippen molar-refractivity contribution in [1.82, 2.24) is 0 Å². The molecule has 0 atom stereocenters. The first-order valence-corrected chi connectivity index (χ1v) is 6.61. The molecule has 86 valence electrons. The van der Waals surface area contributed by atoms with Gasteiger partial charge in [-0.1, -0.05) is 48.6 Å². The van der Waals surface area contributed by atoms with E-state index in [1.807, 2.05) is 0 Å². The monoisotopic (exact) mass is 222 g/mol. The van der Waals surface area contributed by atoms with Gasteiger partial charge in [0.1, 0.15) is 0 Å². The molecule has 0 aromatic heterocycles. The Kier molecular flexibility index (Phi) is 2.96. The summed E-state index contributed by atoms with van der Waals surface area (Å²) in [5.41, 5.74) is 5.88. The maximum absolute atomic E-state index is 2.44. The second-order valence-electron chi connectivity index (χ2n) is 4.81. The molecule has 1 aromatic rings. The average Bonchev–Trinajstić information content (AvgIpc) is 2.90. The minimum Gasteiger partial charge on any atom is -0.0807 e. The van der Waals surface area contributed by atoms with E-state index >= 15 is 0 Å². The molecule has 0 heteroatoms. The van der Waals surface area contributed by atoms with Crippen LogP contribution in [0.25, 0.3) is 5.57 Å². The van der Waals surface area contributed by atoms with Crippen molar-refractivity contribution >= 4 is 5.57 Å². The Morgan fingerprint density at radius 1 is 0.765 bits per heavy atom. The first-order chi connectivity index (χ1) is 8.45. The molecule has 17 heavy (non-hydrogen) atoms. The van der Waals surface area contributed by atoms with Crippen LogP contribution in [0.3, 0.4) is 0 Å². The van der Waals surface area contributed by atoms with Crippen molar-refractivity contribution < 1.29 is 0 Å². The first-order valence-electron chi connectivity index (χ1n) is 6.61. The molecule has 1 aromatic carbocycles. The van der Waals surface area contributed by atoms with Crippen molar-refractivity contribution in [3.8, 4) is 0 Å². The Labute approximate surface area is 103 Å². The third kappa shape index (κ3) is 2.12. The molecular formula is C17H18. The SMILES string of the molecule is C1=C(C2=CCC=C2c2ccccc2)CCCC1. The maximum atomic E-state index is 2.44. The Morgan fingerprint density at radius 3 is 2.35 bits per heavy atom. The number of hydrogen-bond donors (Lipinski definition) is 0. The molecule has 0 fully saturated rings. The van der Waals surface area contributed by atoms with E-state index < -0.39 is 0 Å². The molecule has 0 aliphatic heterocycles. The molecule has 0 saturated heterocycles. The van der Waals surface area contributed by atoms with Gasteiger partial charge in [0, 0.05) is 0 Å². The second-order valence-corrected chi connectivity index (χ2v) is 4.81. The molecule has 0 bridgehead atoms. The second kappa shape index (κ2) is 4.75. The normalized spacial score (nSPS) is 19.6. The molecule has 3 rings (SSSR count). The molecule has 0 heterocycles. The standard InChI is InChI=1S/C17H18/c1-3-8-14(9-4-1)16-12-7-13-17(16)15-10-5-2-6-11-15/h1,3-4,8-10,12-13H,2,5-7,11H2. The number of rotatable bonds is 2. The van der Waals surface area contributed by atoms with Crippen LogP contribution in [0.4, 0.5) is 0 Å². The van der Waals surface area contributed by atoms with Gasteiger partial charge in [0.15, 0.2) is 0 Å². The van der Waals surface area contributed by atoms with E-state index in [1.165, 1.54) is 42.4 Å². The fourth-order valence-corrected chi connectivity index (χ4v) is 2.79. The highest BCUT2D eigenvalue weighted by Crippen LogP contribution is 2.37. The first kappa shape index (κ1) is 10.6. The Bertz CT molecular complexity index is 486. The molecule has 0 unspecified atom stereocenters. The van der Waals surface area contributed by atoms with Crippen molar-refractivity contribution in [1.29, 1.82) is 0 Å².